The summed E-state index contributed by atoms with van der Waals surface area (Å²) >= 11 is 0. The topological polar surface area (TPSA) is 38.3 Å². The molecular weight excluding hydrogens is 322 g/mol. The lowest BCUT2D eigenvalue weighted by Crippen LogP contribution is -1.98. The molecule has 0 heterocycles. The lowest BCUT2D eigenvalue weighted by Gasteiger charge is -2.06. The van der Waals surface area contributed by atoms with Crippen LogP contribution in [0, 0.1) is 0 Å². The standard InChI is InChI=1S/C23H21NO2/c1-26-22-14-10-20(11-15-22)23(25)16-9-18-7-12-21(13-8-18)24-17-19-5-3-2-4-6-19/h2-16,24H,17H2,1H3. The maximum Gasteiger partial charge on any atom is 0.185 e. The molecule has 3 aromatic rings. The van der Waals surface area contributed by atoms with Gasteiger partial charge in [-0.05, 0) is 53.6 Å². The highest BCUT2D eigenvalue weighted by molar-refractivity contribution is 6.06. The van der Waals surface area contributed by atoms with E-state index in [0.29, 0.717) is 5.56 Å². The van der Waals surface area contributed by atoms with E-state index < -0.39 is 0 Å². The molecule has 1 N–H and O–H groups in total. The Kier molecular flexibility index (Phi) is 5.84. The summed E-state index contributed by atoms with van der Waals surface area (Å²) in [5.74, 6) is 0.711. The van der Waals surface area contributed by atoms with Gasteiger partial charge in [0.2, 0.25) is 0 Å². The van der Waals surface area contributed by atoms with Crippen molar-refractivity contribution < 1.29 is 9.53 Å². The predicted octanol–water partition coefficient (Wildman–Crippen LogP) is 5.20. The molecule has 130 valence electrons. The molecule has 0 aliphatic carbocycles. The molecule has 0 saturated carbocycles. The van der Waals surface area contributed by atoms with Crippen LogP contribution in [0.15, 0.2) is 84.9 Å². The molecule has 0 amide bonds. The Morgan fingerprint density at radius 3 is 2.27 bits per heavy atom. The fourth-order valence-corrected chi connectivity index (χ4v) is 2.54. The Bertz CT molecular complexity index is 866. The van der Waals surface area contributed by atoms with Crippen LogP contribution in [0.3, 0.4) is 0 Å². The molecule has 0 spiro atoms. The molecule has 26 heavy (non-hydrogen) atoms. The smallest absolute Gasteiger partial charge is 0.185 e. The Morgan fingerprint density at radius 2 is 1.62 bits per heavy atom. The summed E-state index contributed by atoms with van der Waals surface area (Å²) in [6, 6.07) is 25.4. The van der Waals surface area contributed by atoms with Gasteiger partial charge >= 0.3 is 0 Å². The second kappa shape index (κ2) is 8.67. The number of methoxy groups -OCH3 is 1. The van der Waals surface area contributed by atoms with Crippen molar-refractivity contribution in [2.45, 2.75) is 6.54 Å². The van der Waals surface area contributed by atoms with Crippen molar-refractivity contribution >= 4 is 17.5 Å². The first-order valence-corrected chi connectivity index (χ1v) is 8.49. The monoisotopic (exact) mass is 343 g/mol. The minimum absolute atomic E-state index is 0.0288. The van der Waals surface area contributed by atoms with Crippen LogP contribution in [-0.2, 0) is 6.54 Å². The Labute approximate surface area is 154 Å². The van der Waals surface area contributed by atoms with Gasteiger partial charge in [-0.15, -0.1) is 0 Å². The third-order valence-electron chi connectivity index (χ3n) is 4.05. The van der Waals surface area contributed by atoms with Crippen LogP contribution in [0.1, 0.15) is 21.5 Å². The molecule has 3 rings (SSSR count). The van der Waals surface area contributed by atoms with Gasteiger partial charge in [0.15, 0.2) is 5.78 Å². The van der Waals surface area contributed by atoms with Crippen molar-refractivity contribution in [3.63, 3.8) is 0 Å². The normalized spacial score (nSPS) is 10.7. The van der Waals surface area contributed by atoms with Crippen molar-refractivity contribution in [2.75, 3.05) is 12.4 Å². The van der Waals surface area contributed by atoms with Gasteiger partial charge < -0.3 is 10.1 Å². The second-order valence-corrected chi connectivity index (χ2v) is 5.89. The van der Waals surface area contributed by atoms with Crippen LogP contribution in [0.4, 0.5) is 5.69 Å². The number of carbonyl (C=O) groups excluding carboxylic acids is 1. The predicted molar refractivity (Wildman–Crippen MR) is 107 cm³/mol. The van der Waals surface area contributed by atoms with E-state index in [1.54, 1.807) is 37.5 Å². The number of allylic oxidation sites excluding steroid dienone is 1. The maximum atomic E-state index is 12.2. The molecular formula is C23H21NO2. The van der Waals surface area contributed by atoms with Crippen molar-refractivity contribution in [2.24, 2.45) is 0 Å². The van der Waals surface area contributed by atoms with Crippen LogP contribution in [-0.4, -0.2) is 12.9 Å². The minimum atomic E-state index is -0.0288. The van der Waals surface area contributed by atoms with Crippen LogP contribution in [0.5, 0.6) is 5.75 Å². The summed E-state index contributed by atoms with van der Waals surface area (Å²) in [7, 11) is 1.61. The van der Waals surface area contributed by atoms with Crippen molar-refractivity contribution in [1.82, 2.24) is 0 Å². The zero-order valence-corrected chi connectivity index (χ0v) is 14.7. The van der Waals surface area contributed by atoms with Gasteiger partial charge in [-0.2, -0.15) is 0 Å². The van der Waals surface area contributed by atoms with Gasteiger partial charge in [-0.1, -0.05) is 48.5 Å². The molecule has 0 fully saturated rings. The van der Waals surface area contributed by atoms with E-state index in [1.807, 2.05) is 48.5 Å². The zero-order valence-electron chi connectivity index (χ0n) is 14.7. The quantitative estimate of drug-likeness (QED) is 0.473. The molecule has 0 aliphatic rings. The van der Waals surface area contributed by atoms with Gasteiger partial charge in [0.05, 0.1) is 7.11 Å². The third kappa shape index (κ3) is 4.84. The minimum Gasteiger partial charge on any atom is -0.497 e. The van der Waals surface area contributed by atoms with Gasteiger partial charge in [0.25, 0.3) is 0 Å². The highest BCUT2D eigenvalue weighted by atomic mass is 16.5. The molecule has 0 bridgehead atoms. The van der Waals surface area contributed by atoms with Crippen LogP contribution in [0.25, 0.3) is 6.08 Å². The summed E-state index contributed by atoms with van der Waals surface area (Å²) in [4.78, 5) is 12.2. The Morgan fingerprint density at radius 1 is 0.923 bits per heavy atom. The first-order valence-electron chi connectivity index (χ1n) is 8.49. The van der Waals surface area contributed by atoms with Gasteiger partial charge in [-0.3, -0.25) is 4.79 Å². The number of ketones is 1. The first kappa shape index (κ1) is 17.5. The number of nitrogens with one attached hydrogen (secondary N) is 1. The molecule has 0 aromatic heterocycles. The highest BCUT2D eigenvalue weighted by Gasteiger charge is 2.02. The highest BCUT2D eigenvalue weighted by Crippen LogP contribution is 2.15. The van der Waals surface area contributed by atoms with Crippen molar-refractivity contribution in [3.8, 4) is 5.75 Å². The Balaban J connectivity index is 1.57. The maximum absolute atomic E-state index is 12.2. The zero-order chi connectivity index (χ0) is 18.2. The van der Waals surface area contributed by atoms with E-state index in [4.69, 9.17) is 4.74 Å². The lowest BCUT2D eigenvalue weighted by atomic mass is 10.1. The fraction of sp³-hybridized carbons (Fsp3) is 0.0870. The van der Waals surface area contributed by atoms with E-state index in [2.05, 4.69) is 17.4 Å². The SMILES string of the molecule is COc1ccc(C(=O)C=Cc2ccc(NCc3ccccc3)cc2)cc1. The van der Waals surface area contributed by atoms with E-state index in [0.717, 1.165) is 23.5 Å². The number of anilines is 1. The fourth-order valence-electron chi connectivity index (χ4n) is 2.54. The van der Waals surface area contributed by atoms with Gasteiger partial charge in [0.1, 0.15) is 5.75 Å². The van der Waals surface area contributed by atoms with E-state index in [-0.39, 0.29) is 5.78 Å². The van der Waals surface area contributed by atoms with Crippen molar-refractivity contribution in [1.29, 1.82) is 0 Å². The number of ether oxygens (including phenoxy) is 1. The average Bonchev–Trinajstić information content (AvgIpc) is 2.72. The van der Waals surface area contributed by atoms with Crippen LogP contribution >= 0.6 is 0 Å². The molecule has 0 radical (unpaired) electrons. The molecule has 3 nitrogen and oxygen atoms in total. The summed E-state index contributed by atoms with van der Waals surface area (Å²) in [6.07, 6.45) is 3.42. The van der Waals surface area contributed by atoms with Crippen LogP contribution in [0.2, 0.25) is 0 Å². The van der Waals surface area contributed by atoms with Crippen molar-refractivity contribution in [3.05, 3.63) is 102 Å². The molecule has 0 unspecified atom stereocenters. The molecule has 0 aliphatic heterocycles. The number of hydrogen-bond acceptors (Lipinski definition) is 3. The molecule has 0 atom stereocenters. The summed E-state index contributed by atoms with van der Waals surface area (Å²) in [6.45, 7) is 0.784. The first-order chi connectivity index (χ1) is 12.7. The summed E-state index contributed by atoms with van der Waals surface area (Å²) in [5.41, 5.74) is 3.91. The van der Waals surface area contributed by atoms with E-state index in [9.17, 15) is 4.79 Å². The summed E-state index contributed by atoms with van der Waals surface area (Å²) in [5, 5.41) is 3.39. The molecule has 3 heteroatoms. The van der Waals surface area contributed by atoms with Gasteiger partial charge in [0, 0.05) is 17.8 Å². The van der Waals surface area contributed by atoms with E-state index >= 15 is 0 Å². The number of benzene rings is 3. The number of hydrogen-bond donors (Lipinski definition) is 1. The number of rotatable bonds is 7. The summed E-state index contributed by atoms with van der Waals surface area (Å²) < 4.78 is 5.10. The van der Waals surface area contributed by atoms with E-state index in [1.165, 1.54) is 5.56 Å². The largest absolute Gasteiger partial charge is 0.497 e. The van der Waals surface area contributed by atoms with Gasteiger partial charge in [-0.25, -0.2) is 0 Å². The molecule has 3 aromatic carbocycles. The third-order valence-corrected chi connectivity index (χ3v) is 4.05. The molecule has 0 saturated heterocycles. The average molecular weight is 343 g/mol. The van der Waals surface area contributed by atoms with Crippen LogP contribution < -0.4 is 10.1 Å². The number of carbonyl (C=O) groups is 1. The Hall–Kier alpha value is -3.33. The lowest BCUT2D eigenvalue weighted by molar-refractivity contribution is 0.104. The second-order valence-electron chi connectivity index (χ2n) is 5.89.